The lowest BCUT2D eigenvalue weighted by molar-refractivity contribution is -0.873. The van der Waals surface area contributed by atoms with E-state index in [4.69, 9.17) is 9.47 Å². The number of aliphatic carboxylic acids is 1. The zero-order valence-corrected chi connectivity index (χ0v) is 16.2. The first kappa shape index (κ1) is 21.0. The van der Waals surface area contributed by atoms with Crippen molar-refractivity contribution in [2.45, 2.75) is 45.8 Å². The lowest BCUT2D eigenvalue weighted by atomic mass is 10.1. The van der Waals surface area contributed by atoms with E-state index in [1.54, 1.807) is 13.8 Å². The van der Waals surface area contributed by atoms with E-state index in [9.17, 15) is 14.7 Å². The number of nitrogens with zero attached hydrogens (tertiary/aromatic N) is 1. The number of carbonyl (C=O) groups excluding carboxylic acids is 2. The highest BCUT2D eigenvalue weighted by molar-refractivity contribution is 5.79. The highest BCUT2D eigenvalue weighted by Crippen LogP contribution is 2.25. The third-order valence-electron chi connectivity index (χ3n) is 3.62. The molecule has 0 spiro atoms. The molecule has 0 radical (unpaired) electrons. The smallest absolute Gasteiger partial charge is 0.350 e. The minimum absolute atomic E-state index is 0.346. The van der Waals surface area contributed by atoms with E-state index >= 15 is 0 Å². The van der Waals surface area contributed by atoms with Gasteiger partial charge in [-0.1, -0.05) is 12.1 Å². The number of likely N-dealkylation sites (N-methyl/N-ethyl adjacent to an activating group) is 1. The molecule has 0 aromatic heterocycles. The average molecular weight is 351 g/mol. The van der Waals surface area contributed by atoms with Crippen LogP contribution in [-0.4, -0.2) is 55.8 Å². The van der Waals surface area contributed by atoms with Crippen LogP contribution in [0.4, 0.5) is 0 Å². The maximum Gasteiger partial charge on any atom is 0.350 e. The summed E-state index contributed by atoms with van der Waals surface area (Å²) >= 11 is 0. The van der Waals surface area contributed by atoms with E-state index in [1.165, 1.54) is 0 Å². The Morgan fingerprint density at radius 3 is 2.32 bits per heavy atom. The third kappa shape index (κ3) is 7.13. The maximum atomic E-state index is 12.6. The molecule has 0 heterocycles. The second-order valence-corrected chi connectivity index (χ2v) is 7.96. The molecule has 0 bridgehead atoms. The van der Waals surface area contributed by atoms with Crippen LogP contribution >= 0.6 is 0 Å². The highest BCUT2D eigenvalue weighted by atomic mass is 16.6. The van der Waals surface area contributed by atoms with Crippen molar-refractivity contribution in [3.05, 3.63) is 29.3 Å². The van der Waals surface area contributed by atoms with Crippen LogP contribution in [0.3, 0.4) is 0 Å². The van der Waals surface area contributed by atoms with E-state index in [-0.39, 0.29) is 6.42 Å². The third-order valence-corrected chi connectivity index (χ3v) is 3.62. The largest absolute Gasteiger partial charge is 0.550 e. The van der Waals surface area contributed by atoms with Gasteiger partial charge in [0.1, 0.15) is 12.3 Å². The van der Waals surface area contributed by atoms with Crippen LogP contribution in [-0.2, 0) is 14.3 Å². The fourth-order valence-corrected chi connectivity index (χ4v) is 2.37. The van der Waals surface area contributed by atoms with Crippen molar-refractivity contribution < 1.29 is 28.7 Å². The van der Waals surface area contributed by atoms with Crippen LogP contribution in [0.15, 0.2) is 18.2 Å². The molecule has 0 N–H and O–H groups in total. The first-order valence-corrected chi connectivity index (χ1v) is 8.28. The minimum Gasteiger partial charge on any atom is -0.550 e. The summed E-state index contributed by atoms with van der Waals surface area (Å²) in [4.78, 5) is 23.5. The second kappa shape index (κ2) is 7.87. The van der Waals surface area contributed by atoms with Gasteiger partial charge in [-0.15, -0.1) is 0 Å². The topological polar surface area (TPSA) is 75.7 Å². The second-order valence-electron chi connectivity index (χ2n) is 7.96. The minimum atomic E-state index is -1.25. The van der Waals surface area contributed by atoms with Gasteiger partial charge in [0.15, 0.2) is 11.7 Å². The number of ether oxygens (including phenoxy) is 2. The van der Waals surface area contributed by atoms with Gasteiger partial charge in [-0.2, -0.15) is 0 Å². The summed E-state index contributed by atoms with van der Waals surface area (Å²) in [6, 6.07) is 5.74. The van der Waals surface area contributed by atoms with E-state index in [0.717, 1.165) is 11.1 Å². The summed E-state index contributed by atoms with van der Waals surface area (Å²) in [6.07, 6.45) is -1.13. The number of hydrogen-bond acceptors (Lipinski definition) is 5. The normalized spacial score (nSPS) is 13.2. The molecule has 0 fully saturated rings. The Morgan fingerprint density at radius 2 is 1.80 bits per heavy atom. The lowest BCUT2D eigenvalue weighted by Crippen LogP contribution is -2.48. The molecular weight excluding hydrogens is 322 g/mol. The fourth-order valence-electron chi connectivity index (χ4n) is 2.37. The molecule has 0 saturated carbocycles. The molecule has 1 unspecified atom stereocenters. The Kier molecular flexibility index (Phi) is 6.60. The number of hydrogen-bond donors (Lipinski definition) is 0. The average Bonchev–Trinajstić information content (AvgIpc) is 2.39. The van der Waals surface area contributed by atoms with E-state index in [2.05, 4.69) is 0 Å². The predicted octanol–water partition coefficient (Wildman–Crippen LogP) is 1.22. The monoisotopic (exact) mass is 351 g/mol. The Bertz CT molecular complexity index is 631. The van der Waals surface area contributed by atoms with Gasteiger partial charge in [0, 0.05) is 12.4 Å². The number of esters is 1. The molecule has 6 nitrogen and oxygen atoms in total. The number of carboxylic acids is 1. The van der Waals surface area contributed by atoms with Crippen molar-refractivity contribution in [1.29, 1.82) is 0 Å². The molecule has 0 aliphatic rings. The molecule has 1 rings (SSSR count). The Hall–Kier alpha value is -2.08. The van der Waals surface area contributed by atoms with Crippen molar-refractivity contribution in [2.24, 2.45) is 0 Å². The molecule has 1 aromatic carbocycles. The summed E-state index contributed by atoms with van der Waals surface area (Å²) in [5.41, 5.74) is 0.682. The van der Waals surface area contributed by atoms with Crippen LogP contribution in [0, 0.1) is 13.8 Å². The number of rotatable bonds is 8. The first-order valence-electron chi connectivity index (χ1n) is 8.28. The SMILES string of the molecule is Cc1ccc(C)c(OC(C)(C)C(=O)OC(CC(=O)[O-])C[N+](C)(C)C)c1. The van der Waals surface area contributed by atoms with Crippen LogP contribution in [0.5, 0.6) is 5.75 Å². The quantitative estimate of drug-likeness (QED) is 0.520. The van der Waals surface area contributed by atoms with Gasteiger partial charge in [-0.05, 0) is 44.9 Å². The van der Waals surface area contributed by atoms with Crippen LogP contribution in [0.25, 0.3) is 0 Å². The summed E-state index contributed by atoms with van der Waals surface area (Å²) in [7, 11) is 5.69. The Labute approximate surface area is 149 Å². The molecule has 6 heteroatoms. The molecule has 140 valence electrons. The van der Waals surface area contributed by atoms with Crippen LogP contribution in [0.1, 0.15) is 31.4 Å². The Morgan fingerprint density at radius 1 is 1.20 bits per heavy atom. The number of quaternary nitrogens is 1. The van der Waals surface area contributed by atoms with Gasteiger partial charge in [0.2, 0.25) is 0 Å². The van der Waals surface area contributed by atoms with Crippen molar-refractivity contribution in [3.8, 4) is 5.75 Å². The number of carbonyl (C=O) groups is 2. The van der Waals surface area contributed by atoms with E-state index in [0.29, 0.717) is 16.8 Å². The van der Waals surface area contributed by atoms with Crippen LogP contribution < -0.4 is 9.84 Å². The molecule has 0 saturated heterocycles. The highest BCUT2D eigenvalue weighted by Gasteiger charge is 2.35. The molecule has 25 heavy (non-hydrogen) atoms. The fraction of sp³-hybridized carbons (Fsp3) is 0.579. The van der Waals surface area contributed by atoms with E-state index in [1.807, 2.05) is 53.2 Å². The van der Waals surface area contributed by atoms with Gasteiger partial charge < -0.3 is 23.9 Å². The van der Waals surface area contributed by atoms with E-state index < -0.39 is 23.6 Å². The summed E-state index contributed by atoms with van der Waals surface area (Å²) in [6.45, 7) is 7.42. The number of carboxylic acid groups (broad SMARTS) is 1. The first-order chi connectivity index (χ1) is 11.3. The lowest BCUT2D eigenvalue weighted by Gasteiger charge is -2.32. The maximum absolute atomic E-state index is 12.6. The van der Waals surface area contributed by atoms with Crippen molar-refractivity contribution in [1.82, 2.24) is 0 Å². The Balaban J connectivity index is 2.89. The molecular formula is C19H29NO5. The van der Waals surface area contributed by atoms with Gasteiger partial charge in [-0.3, -0.25) is 0 Å². The van der Waals surface area contributed by atoms with Crippen LogP contribution in [0.2, 0.25) is 0 Å². The van der Waals surface area contributed by atoms with Gasteiger partial charge >= 0.3 is 5.97 Å². The molecule has 1 atom stereocenters. The molecule has 0 aliphatic carbocycles. The van der Waals surface area contributed by atoms with Crippen molar-refractivity contribution >= 4 is 11.9 Å². The van der Waals surface area contributed by atoms with Crippen molar-refractivity contribution in [2.75, 3.05) is 27.7 Å². The summed E-state index contributed by atoms with van der Waals surface area (Å²) < 4.78 is 11.8. The van der Waals surface area contributed by atoms with Gasteiger partial charge in [-0.25, -0.2) is 4.79 Å². The molecule has 1 aromatic rings. The summed E-state index contributed by atoms with van der Waals surface area (Å²) in [5, 5.41) is 11.0. The molecule has 0 aliphatic heterocycles. The van der Waals surface area contributed by atoms with Gasteiger partial charge in [0.25, 0.3) is 0 Å². The zero-order valence-electron chi connectivity index (χ0n) is 16.2. The summed E-state index contributed by atoms with van der Waals surface area (Å²) in [5.74, 6) is -1.25. The standard InChI is InChI=1S/C19H29NO5/c1-13-8-9-14(2)16(10-13)25-19(3,4)18(23)24-15(11-17(21)22)12-20(5,6)7/h8-10,15H,11-12H2,1-7H3. The predicted molar refractivity (Wildman–Crippen MR) is 93.0 cm³/mol. The number of benzene rings is 1. The zero-order chi connectivity index (χ0) is 19.4. The van der Waals surface area contributed by atoms with Gasteiger partial charge in [0.05, 0.1) is 21.1 Å². The van der Waals surface area contributed by atoms with Crippen molar-refractivity contribution in [3.63, 3.8) is 0 Å². The number of aryl methyl sites for hydroxylation is 2. The molecule has 0 amide bonds.